The Kier molecular flexibility index (Phi) is 6.99. The second-order valence-electron chi connectivity index (χ2n) is 7.26. The van der Waals surface area contributed by atoms with E-state index in [4.69, 9.17) is 11.6 Å². The van der Waals surface area contributed by atoms with Gasteiger partial charge in [-0.2, -0.15) is 0 Å². The third-order valence-corrected chi connectivity index (χ3v) is 6.22. The van der Waals surface area contributed by atoms with E-state index in [1.165, 1.54) is 6.07 Å². The van der Waals surface area contributed by atoms with Crippen LogP contribution in [0.15, 0.2) is 48.5 Å². The fraction of sp³-hybridized carbons (Fsp3) is 0.333. The van der Waals surface area contributed by atoms with Gasteiger partial charge >= 0.3 is 0 Å². The summed E-state index contributed by atoms with van der Waals surface area (Å²) in [6.45, 7) is 1.32. The number of hydrogen-bond acceptors (Lipinski definition) is 4. The number of halogens is 1. The molecule has 3 rings (SSSR count). The van der Waals surface area contributed by atoms with Gasteiger partial charge in [-0.1, -0.05) is 41.9 Å². The highest BCUT2D eigenvalue weighted by Crippen LogP contribution is 2.21. The quantitative estimate of drug-likeness (QED) is 0.671. The molecule has 1 fully saturated rings. The number of benzene rings is 2. The summed E-state index contributed by atoms with van der Waals surface area (Å²) in [5.41, 5.74) is 2.25. The van der Waals surface area contributed by atoms with Gasteiger partial charge in [0.15, 0.2) is 0 Å². The van der Waals surface area contributed by atoms with Gasteiger partial charge in [0.05, 0.1) is 11.9 Å². The first-order valence-corrected chi connectivity index (χ1v) is 11.8. The first kappa shape index (κ1) is 22.1. The fourth-order valence-electron chi connectivity index (χ4n) is 3.27. The molecule has 1 aliphatic rings. The van der Waals surface area contributed by atoms with Crippen LogP contribution >= 0.6 is 11.6 Å². The standard InChI is InChI=1S/C21H24ClN3O4S/c1-30(28,29)25(19-5-2-4-18(22)12-19)15-20(26)23-13-16-7-9-17(10-8-16)14-24-11-3-6-21(24)27/h2,4-5,7-10,12H,3,6,11,13-15H2,1H3,(H,23,26). The normalized spacial score (nSPS) is 14.1. The lowest BCUT2D eigenvalue weighted by atomic mass is 10.1. The molecule has 160 valence electrons. The lowest BCUT2D eigenvalue weighted by Crippen LogP contribution is -2.40. The van der Waals surface area contributed by atoms with Gasteiger partial charge in [-0.05, 0) is 35.7 Å². The summed E-state index contributed by atoms with van der Waals surface area (Å²) in [5.74, 6) is -0.242. The first-order valence-electron chi connectivity index (χ1n) is 9.58. The van der Waals surface area contributed by atoms with Crippen LogP contribution in [0.5, 0.6) is 0 Å². The first-order chi connectivity index (χ1) is 14.2. The lowest BCUT2D eigenvalue weighted by Gasteiger charge is -2.22. The monoisotopic (exact) mass is 449 g/mol. The lowest BCUT2D eigenvalue weighted by molar-refractivity contribution is -0.128. The minimum absolute atomic E-state index is 0.182. The van der Waals surface area contributed by atoms with E-state index in [0.717, 1.165) is 34.7 Å². The van der Waals surface area contributed by atoms with Gasteiger partial charge in [-0.15, -0.1) is 0 Å². The van der Waals surface area contributed by atoms with Crippen molar-refractivity contribution in [2.45, 2.75) is 25.9 Å². The molecule has 1 saturated heterocycles. The molecule has 1 N–H and O–H groups in total. The Morgan fingerprint density at radius 2 is 1.87 bits per heavy atom. The van der Waals surface area contributed by atoms with Crippen LogP contribution < -0.4 is 9.62 Å². The van der Waals surface area contributed by atoms with Crippen molar-refractivity contribution in [3.05, 3.63) is 64.7 Å². The molecule has 7 nitrogen and oxygen atoms in total. The van der Waals surface area contributed by atoms with Gasteiger partial charge < -0.3 is 10.2 Å². The Bertz CT molecular complexity index is 1020. The maximum Gasteiger partial charge on any atom is 0.241 e. The number of nitrogens with zero attached hydrogens (tertiary/aromatic N) is 2. The van der Waals surface area contributed by atoms with Gasteiger partial charge in [0.25, 0.3) is 0 Å². The number of nitrogens with one attached hydrogen (secondary N) is 1. The van der Waals surface area contributed by atoms with Crippen LogP contribution in [0.4, 0.5) is 5.69 Å². The molecule has 0 atom stereocenters. The number of carbonyl (C=O) groups excluding carboxylic acids is 2. The Balaban J connectivity index is 1.57. The molecule has 2 aromatic carbocycles. The van der Waals surface area contributed by atoms with E-state index in [2.05, 4.69) is 5.32 Å². The fourth-order valence-corrected chi connectivity index (χ4v) is 4.31. The zero-order chi connectivity index (χ0) is 21.7. The van der Waals surface area contributed by atoms with Crippen LogP contribution in [0, 0.1) is 0 Å². The van der Waals surface area contributed by atoms with E-state index >= 15 is 0 Å². The maximum atomic E-state index is 12.4. The summed E-state index contributed by atoms with van der Waals surface area (Å²) in [6.07, 6.45) is 2.57. The maximum absolute atomic E-state index is 12.4. The van der Waals surface area contributed by atoms with Gasteiger partial charge in [0.2, 0.25) is 21.8 Å². The summed E-state index contributed by atoms with van der Waals surface area (Å²) < 4.78 is 25.3. The number of amides is 2. The predicted molar refractivity (Wildman–Crippen MR) is 117 cm³/mol. The van der Waals surface area contributed by atoms with Crippen LogP contribution in [0.3, 0.4) is 0 Å². The zero-order valence-electron chi connectivity index (χ0n) is 16.7. The average molecular weight is 450 g/mol. The Hall–Kier alpha value is -2.58. The van der Waals surface area contributed by atoms with Crippen LogP contribution in [-0.4, -0.2) is 44.5 Å². The Morgan fingerprint density at radius 1 is 1.17 bits per heavy atom. The van der Waals surface area contributed by atoms with Crippen LogP contribution in [0.25, 0.3) is 0 Å². The Labute approximate surface area is 181 Å². The van der Waals surface area contributed by atoms with E-state index in [-0.39, 0.29) is 19.0 Å². The highest BCUT2D eigenvalue weighted by Gasteiger charge is 2.21. The third-order valence-electron chi connectivity index (χ3n) is 4.84. The number of anilines is 1. The number of rotatable bonds is 8. The SMILES string of the molecule is CS(=O)(=O)N(CC(=O)NCc1ccc(CN2CCCC2=O)cc1)c1cccc(Cl)c1. The van der Waals surface area contributed by atoms with Crippen molar-refractivity contribution in [1.82, 2.24) is 10.2 Å². The third kappa shape index (κ3) is 5.96. The van der Waals surface area contributed by atoms with Gasteiger partial charge in [0.1, 0.15) is 6.54 Å². The van der Waals surface area contributed by atoms with Crippen molar-refractivity contribution in [3.63, 3.8) is 0 Å². The number of sulfonamides is 1. The molecule has 1 aliphatic heterocycles. The van der Waals surface area contributed by atoms with Crippen molar-refractivity contribution >= 4 is 39.1 Å². The highest BCUT2D eigenvalue weighted by atomic mass is 35.5. The summed E-state index contributed by atoms with van der Waals surface area (Å²) in [5, 5.41) is 3.13. The van der Waals surface area contributed by atoms with E-state index in [1.54, 1.807) is 18.2 Å². The molecule has 0 spiro atoms. The summed E-state index contributed by atoms with van der Waals surface area (Å²) >= 11 is 5.95. The van der Waals surface area contributed by atoms with Crippen molar-refractivity contribution in [2.24, 2.45) is 0 Å². The average Bonchev–Trinajstić information content (AvgIpc) is 3.09. The van der Waals surface area contributed by atoms with Crippen molar-refractivity contribution in [2.75, 3.05) is 23.7 Å². The summed E-state index contributed by atoms with van der Waals surface area (Å²) in [4.78, 5) is 25.9. The van der Waals surface area contributed by atoms with Crippen molar-refractivity contribution < 1.29 is 18.0 Å². The van der Waals surface area contributed by atoms with E-state index in [0.29, 0.717) is 23.7 Å². The molecule has 0 aliphatic carbocycles. The van der Waals surface area contributed by atoms with Gasteiger partial charge in [0, 0.05) is 31.1 Å². The molecule has 0 bridgehead atoms. The molecule has 0 radical (unpaired) electrons. The van der Waals surface area contributed by atoms with Gasteiger partial charge in [-0.3, -0.25) is 13.9 Å². The second-order valence-corrected chi connectivity index (χ2v) is 9.60. The highest BCUT2D eigenvalue weighted by molar-refractivity contribution is 7.92. The van der Waals surface area contributed by atoms with E-state index in [1.807, 2.05) is 29.2 Å². The van der Waals surface area contributed by atoms with E-state index in [9.17, 15) is 18.0 Å². The molecule has 0 saturated carbocycles. The minimum Gasteiger partial charge on any atom is -0.350 e. The predicted octanol–water partition coefficient (Wildman–Crippen LogP) is 2.54. The Morgan fingerprint density at radius 3 is 2.47 bits per heavy atom. The molecule has 2 aromatic rings. The molecule has 30 heavy (non-hydrogen) atoms. The van der Waals surface area contributed by atoms with Crippen LogP contribution in [-0.2, 0) is 32.7 Å². The molecule has 1 heterocycles. The van der Waals surface area contributed by atoms with Crippen molar-refractivity contribution in [3.8, 4) is 0 Å². The van der Waals surface area contributed by atoms with Gasteiger partial charge in [-0.25, -0.2) is 8.42 Å². The molecular weight excluding hydrogens is 426 g/mol. The molecule has 0 unspecified atom stereocenters. The smallest absolute Gasteiger partial charge is 0.241 e. The van der Waals surface area contributed by atoms with Crippen LogP contribution in [0.2, 0.25) is 5.02 Å². The molecule has 0 aromatic heterocycles. The van der Waals surface area contributed by atoms with E-state index < -0.39 is 15.9 Å². The topological polar surface area (TPSA) is 86.8 Å². The van der Waals surface area contributed by atoms with Crippen molar-refractivity contribution in [1.29, 1.82) is 0 Å². The zero-order valence-corrected chi connectivity index (χ0v) is 18.2. The number of hydrogen-bond donors (Lipinski definition) is 1. The summed E-state index contributed by atoms with van der Waals surface area (Å²) in [7, 11) is -3.65. The molecule has 9 heteroatoms. The number of carbonyl (C=O) groups is 2. The molecular formula is C21H24ClN3O4S. The number of likely N-dealkylation sites (tertiary alicyclic amines) is 1. The summed E-state index contributed by atoms with van der Waals surface area (Å²) in [6, 6.07) is 14.0. The van der Waals surface area contributed by atoms with Crippen LogP contribution in [0.1, 0.15) is 24.0 Å². The molecule has 2 amide bonds. The second kappa shape index (κ2) is 9.49. The minimum atomic E-state index is -3.65. The largest absolute Gasteiger partial charge is 0.350 e.